The highest BCUT2D eigenvalue weighted by atomic mass is 32.2. The standard InChI is InChI=1S/C79H109N19O16S/c1-6-8-9-25-55-71(107)90-56(26-16-17-30-80)72(108)92-59(35-49-38-86-53-24-15-13-22-51(49)53)76(112)97-66(43(3)4)77(113)96-62(68(81)104)41-115-42-64(101)89-57(33-45-28-29-46-19-10-11-20-47(46)32-45)75(111)98-67(44(5)7-2)78(114)95-61(40-99)69(105)87-39-63(100)88-54(27-18-31-84-79(82)83)70(106)94-60(36-65(102)103)74(110)93-58(73(109)91-55)34-48-37-85-52-23-14-12-21-50(48)52/h10-15,19-24,28-29,32,37-38,43-44,54-62,66-67,85-86,99H,6-9,16-18,25-27,30-31,33-36,39-42,80H2,1-5H3,(H2,81,104)(H,87,105)(H,88,100)(H,89,101)(H,90,107)(H,91,109)(H,92,108)(H,93,110)(H,94,106)(H,95,114)(H,96,113)(H,97,112)(H,98,111)(H,102,103)(H4,82,83,84)/t44-,54-,55-,56-,57-,58-,59-,60-,61-,62-,66-,67-/m0/s1. The molecule has 1 aliphatic heterocycles. The third kappa shape index (κ3) is 27.9. The molecule has 4 aromatic carbocycles. The molecule has 13 amide bonds. The number of guanidine groups is 1. The third-order valence-electron chi connectivity index (χ3n) is 19.8. The monoisotopic (exact) mass is 1610 g/mol. The molecule has 0 bridgehead atoms. The van der Waals surface area contributed by atoms with Crippen LogP contribution in [0.3, 0.4) is 0 Å². The van der Waals surface area contributed by atoms with Gasteiger partial charge in [-0.15, -0.1) is 11.8 Å². The number of H-pyrrole nitrogens is 2. The molecule has 35 nitrogen and oxygen atoms in total. The number of amides is 13. The first-order chi connectivity index (χ1) is 55.0. The number of primary amides is 1. The lowest BCUT2D eigenvalue weighted by molar-refractivity contribution is -0.141. The van der Waals surface area contributed by atoms with Gasteiger partial charge in [0.15, 0.2) is 5.96 Å². The van der Waals surface area contributed by atoms with Crippen molar-refractivity contribution in [3.05, 3.63) is 120 Å². The minimum Gasteiger partial charge on any atom is -0.481 e. The number of hydrogen-bond acceptors (Lipinski definition) is 18. The van der Waals surface area contributed by atoms with Crippen molar-refractivity contribution in [3.63, 3.8) is 0 Å². The Bertz CT molecular complexity index is 4420. The summed E-state index contributed by atoms with van der Waals surface area (Å²) in [5.41, 5.74) is 20.3. The van der Waals surface area contributed by atoms with Crippen LogP contribution in [0.15, 0.2) is 103 Å². The number of nitrogens with one attached hydrogen (secondary N) is 16. The second-order valence-corrected chi connectivity index (χ2v) is 30.0. The molecule has 0 unspecified atom stereocenters. The molecule has 2 aromatic heterocycles. The molecule has 1 aliphatic rings. The summed E-state index contributed by atoms with van der Waals surface area (Å²) in [5, 5.41) is 65.4. The molecule has 115 heavy (non-hydrogen) atoms. The molecule has 24 N–H and O–H groups in total. The molecule has 0 spiro atoms. The smallest absolute Gasteiger partial charge is 0.305 e. The van der Waals surface area contributed by atoms with E-state index in [0.29, 0.717) is 64.2 Å². The zero-order chi connectivity index (χ0) is 83.8. The molecule has 622 valence electrons. The minimum absolute atomic E-state index is 0.00337. The number of unbranched alkanes of at least 4 members (excludes halogenated alkanes) is 3. The number of benzene rings is 4. The van der Waals surface area contributed by atoms with Crippen molar-refractivity contribution in [1.29, 1.82) is 5.41 Å². The van der Waals surface area contributed by atoms with E-state index in [-0.39, 0.29) is 76.6 Å². The number of thioether (sulfide) groups is 1. The Hall–Kier alpha value is -11.7. The quantitative estimate of drug-likeness (QED) is 0.0198. The van der Waals surface area contributed by atoms with E-state index in [2.05, 4.69) is 79.1 Å². The number of para-hydroxylation sites is 2. The maximum atomic E-state index is 15.2. The summed E-state index contributed by atoms with van der Waals surface area (Å²) < 4.78 is 0. The van der Waals surface area contributed by atoms with Gasteiger partial charge in [-0.25, -0.2) is 0 Å². The van der Waals surface area contributed by atoms with Gasteiger partial charge in [0.25, 0.3) is 0 Å². The highest BCUT2D eigenvalue weighted by Crippen LogP contribution is 2.24. The van der Waals surface area contributed by atoms with Crippen molar-refractivity contribution >= 4 is 133 Å². The van der Waals surface area contributed by atoms with Crippen LogP contribution in [0, 0.1) is 17.2 Å². The number of aromatic amines is 2. The fourth-order valence-corrected chi connectivity index (χ4v) is 14.0. The fourth-order valence-electron chi connectivity index (χ4n) is 13.1. The lowest BCUT2D eigenvalue weighted by Crippen LogP contribution is -2.61. The first kappa shape index (κ1) is 90.5. The van der Waals surface area contributed by atoms with Crippen LogP contribution in [-0.4, -0.2) is 213 Å². The van der Waals surface area contributed by atoms with Gasteiger partial charge in [-0.2, -0.15) is 0 Å². The van der Waals surface area contributed by atoms with Crippen LogP contribution in [-0.2, 0) is 86.4 Å². The molecule has 0 radical (unpaired) electrons. The molecular formula is C79H109N19O16S. The Kier molecular flexibility index (Phi) is 35.7. The number of carbonyl (C=O) groups excluding carboxylic acids is 13. The number of fused-ring (bicyclic) bond motifs is 3. The average molecular weight is 1610 g/mol. The van der Waals surface area contributed by atoms with Crippen molar-refractivity contribution in [2.75, 3.05) is 37.7 Å². The minimum atomic E-state index is -1.99. The third-order valence-corrected chi connectivity index (χ3v) is 20.8. The van der Waals surface area contributed by atoms with Crippen molar-refractivity contribution in [1.82, 2.24) is 79.1 Å². The second-order valence-electron chi connectivity index (χ2n) is 29.0. The van der Waals surface area contributed by atoms with Crippen LogP contribution >= 0.6 is 11.8 Å². The summed E-state index contributed by atoms with van der Waals surface area (Å²) in [6.07, 6.45) is 3.69. The van der Waals surface area contributed by atoms with Gasteiger partial charge in [0.05, 0.1) is 25.3 Å². The Morgan fingerprint density at radius 1 is 0.522 bits per heavy atom. The summed E-state index contributed by atoms with van der Waals surface area (Å²) in [6.45, 7) is 6.70. The predicted molar refractivity (Wildman–Crippen MR) is 432 cm³/mol. The number of carbonyl (C=O) groups is 14. The van der Waals surface area contributed by atoms with Gasteiger partial charge in [0.1, 0.15) is 66.5 Å². The number of aliphatic hydroxyl groups is 1. The lowest BCUT2D eigenvalue weighted by atomic mass is 9.96. The number of nitrogens with two attached hydrogens (primary N) is 3. The topological polar surface area (TPSA) is 569 Å². The Balaban J connectivity index is 1.28. The first-order valence-electron chi connectivity index (χ1n) is 38.7. The van der Waals surface area contributed by atoms with Crippen LogP contribution in [0.25, 0.3) is 32.6 Å². The van der Waals surface area contributed by atoms with E-state index in [1.165, 1.54) is 0 Å². The van der Waals surface area contributed by atoms with Crippen molar-refractivity contribution in [2.24, 2.45) is 29.0 Å². The van der Waals surface area contributed by atoms with Crippen LogP contribution in [0.5, 0.6) is 0 Å². The van der Waals surface area contributed by atoms with E-state index in [1.807, 2.05) is 43.3 Å². The molecule has 3 heterocycles. The van der Waals surface area contributed by atoms with E-state index in [0.717, 1.165) is 22.5 Å². The fraction of sp³-hybridized carbons (Fsp3) is 0.481. The summed E-state index contributed by atoms with van der Waals surface area (Å²) in [7, 11) is 0. The van der Waals surface area contributed by atoms with E-state index in [9.17, 15) is 58.2 Å². The van der Waals surface area contributed by atoms with Gasteiger partial charge >= 0.3 is 5.97 Å². The van der Waals surface area contributed by atoms with E-state index in [4.69, 9.17) is 22.6 Å². The molecule has 7 rings (SSSR count). The van der Waals surface area contributed by atoms with Gasteiger partial charge in [-0.05, 0) is 96.5 Å². The molecule has 0 aliphatic carbocycles. The normalized spacial score (nSPS) is 22.8. The highest BCUT2D eigenvalue weighted by molar-refractivity contribution is 8.00. The maximum Gasteiger partial charge on any atom is 0.305 e. The number of hydrogen-bond donors (Lipinski definition) is 21. The molecule has 0 saturated carbocycles. The number of carboxylic acid groups (broad SMARTS) is 1. The molecule has 36 heteroatoms. The van der Waals surface area contributed by atoms with Crippen molar-refractivity contribution < 1.29 is 77.3 Å². The second kappa shape index (κ2) is 45.3. The summed E-state index contributed by atoms with van der Waals surface area (Å²) in [5.74, 6) is -16.6. The van der Waals surface area contributed by atoms with E-state index < -0.39 is 192 Å². The average Bonchev–Trinajstić information content (AvgIpc) is 1.74. The highest BCUT2D eigenvalue weighted by Gasteiger charge is 2.39. The number of rotatable bonds is 25. The molecule has 12 atom stereocenters. The lowest BCUT2D eigenvalue weighted by Gasteiger charge is -2.29. The number of aliphatic carboxylic acids is 1. The largest absolute Gasteiger partial charge is 0.481 e. The number of aromatic nitrogens is 2. The van der Waals surface area contributed by atoms with Crippen LogP contribution in [0.4, 0.5) is 0 Å². The van der Waals surface area contributed by atoms with Gasteiger partial charge < -0.3 is 107 Å². The number of aliphatic hydroxyl groups excluding tert-OH is 1. The van der Waals surface area contributed by atoms with Crippen LogP contribution < -0.4 is 86.3 Å². The van der Waals surface area contributed by atoms with E-state index in [1.54, 1.807) is 94.7 Å². The number of carboxylic acids is 1. The first-order valence-corrected chi connectivity index (χ1v) is 39.8. The summed E-state index contributed by atoms with van der Waals surface area (Å²) >= 11 is 0.865. The van der Waals surface area contributed by atoms with Crippen LogP contribution in [0.1, 0.15) is 122 Å². The van der Waals surface area contributed by atoms with Gasteiger partial charge in [-0.3, -0.25) is 72.5 Å². The molecule has 6 aromatic rings. The van der Waals surface area contributed by atoms with Gasteiger partial charge in [0, 0.05) is 65.8 Å². The van der Waals surface area contributed by atoms with Gasteiger partial charge in [0.2, 0.25) is 76.8 Å². The zero-order valence-electron chi connectivity index (χ0n) is 65.2. The Morgan fingerprint density at radius 2 is 1.00 bits per heavy atom. The van der Waals surface area contributed by atoms with E-state index >= 15 is 19.2 Å². The van der Waals surface area contributed by atoms with Crippen molar-refractivity contribution in [2.45, 2.75) is 191 Å². The maximum absolute atomic E-state index is 15.2. The Labute approximate surface area is 669 Å². The predicted octanol–water partition coefficient (Wildman–Crippen LogP) is -0.347. The SMILES string of the molecule is CCCCC[C@@H]1NC(=O)[C@H](Cc2c[nH]c3ccccc23)NC(=O)[C@H](CC(=O)O)NC(=O)[C@H](CCCNC(=N)N)NC(=O)CNC(=O)[C@H](CO)NC(=O)[C@H]([C@@H](C)CC)NC(=O)[C@H](Cc2ccc3ccccc3c2)NC(=O)CSC[C@@H](C(N)=O)NC(=O)[C@H](C(C)C)NC(=O)[C@H](Cc2c[nH]c3ccccc23)NC(=O)[C@H](CCCCN)NC1=O. The van der Waals surface area contributed by atoms with Crippen molar-refractivity contribution in [3.8, 4) is 0 Å². The molecular weight excluding hydrogens is 1500 g/mol. The molecule has 1 fully saturated rings. The zero-order valence-corrected chi connectivity index (χ0v) is 66.0. The van der Waals surface area contributed by atoms with Gasteiger partial charge in [-0.1, -0.05) is 139 Å². The Morgan fingerprint density at radius 3 is 1.55 bits per heavy atom. The van der Waals surface area contributed by atoms with Crippen LogP contribution in [0.2, 0.25) is 0 Å². The summed E-state index contributed by atoms with van der Waals surface area (Å²) in [4.78, 5) is 207. The molecule has 1 saturated heterocycles. The summed E-state index contributed by atoms with van der Waals surface area (Å²) in [6, 6.07) is 9.90.